The number of nitrogens with zero attached hydrogens (tertiary/aromatic N) is 1. The van der Waals surface area contributed by atoms with Crippen LogP contribution in [0.1, 0.15) is 15.9 Å². The van der Waals surface area contributed by atoms with Crippen molar-refractivity contribution in [1.82, 2.24) is 4.98 Å². The lowest BCUT2D eigenvalue weighted by atomic mass is 10.1. The van der Waals surface area contributed by atoms with Crippen LogP contribution in [0.25, 0.3) is 17.3 Å². The Morgan fingerprint density at radius 3 is 2.54 bits per heavy atom. The van der Waals surface area contributed by atoms with E-state index in [1.54, 1.807) is 35.7 Å². The minimum absolute atomic E-state index is 0.329. The van der Waals surface area contributed by atoms with Crippen LogP contribution in [0.4, 0.5) is 13.9 Å². The Labute approximate surface area is 163 Å². The number of hydrogen-bond donors (Lipinski definition) is 1. The van der Waals surface area contributed by atoms with Crippen molar-refractivity contribution in [2.75, 3.05) is 12.4 Å². The molecule has 1 heterocycles. The molecule has 2 aromatic carbocycles. The Kier molecular flexibility index (Phi) is 5.90. The van der Waals surface area contributed by atoms with Crippen LogP contribution in [0.15, 0.2) is 53.9 Å². The topological polar surface area (TPSA) is 68.3 Å². The van der Waals surface area contributed by atoms with Crippen LogP contribution in [0.2, 0.25) is 0 Å². The molecule has 0 bridgehead atoms. The second-order valence-electron chi connectivity index (χ2n) is 5.60. The van der Waals surface area contributed by atoms with Gasteiger partial charge in [0.25, 0.3) is 0 Å². The molecule has 8 heteroatoms. The minimum Gasteiger partial charge on any atom is -0.465 e. The number of nitrogens with one attached hydrogen (secondary N) is 1. The zero-order valence-electron chi connectivity index (χ0n) is 14.6. The van der Waals surface area contributed by atoms with Crippen molar-refractivity contribution in [3.8, 4) is 11.3 Å². The third-order valence-corrected chi connectivity index (χ3v) is 4.47. The number of carbonyl (C=O) groups excluding carboxylic acids is 2. The highest BCUT2D eigenvalue weighted by Gasteiger charge is 2.09. The third kappa shape index (κ3) is 4.66. The predicted octanol–water partition coefficient (Wildman–Crippen LogP) is 4.53. The summed E-state index contributed by atoms with van der Waals surface area (Å²) in [6.07, 6.45) is 2.91. The van der Waals surface area contributed by atoms with Crippen LogP contribution in [-0.2, 0) is 9.53 Å². The van der Waals surface area contributed by atoms with Crippen LogP contribution in [-0.4, -0.2) is 24.0 Å². The van der Waals surface area contributed by atoms with E-state index in [0.717, 1.165) is 17.7 Å². The number of amides is 1. The number of aromatic nitrogens is 1. The van der Waals surface area contributed by atoms with Gasteiger partial charge < -0.3 is 4.74 Å². The van der Waals surface area contributed by atoms with Crippen LogP contribution in [0, 0.1) is 11.6 Å². The number of halogens is 2. The maximum atomic E-state index is 13.3. The molecule has 28 heavy (non-hydrogen) atoms. The van der Waals surface area contributed by atoms with E-state index < -0.39 is 23.5 Å². The molecule has 1 aromatic heterocycles. The first-order chi connectivity index (χ1) is 13.5. The molecule has 3 rings (SSSR count). The van der Waals surface area contributed by atoms with Gasteiger partial charge in [-0.2, -0.15) is 0 Å². The fourth-order valence-corrected chi connectivity index (χ4v) is 3.01. The lowest BCUT2D eigenvalue weighted by Crippen LogP contribution is -2.07. The van der Waals surface area contributed by atoms with Gasteiger partial charge in [0.1, 0.15) is 0 Å². The van der Waals surface area contributed by atoms with E-state index in [2.05, 4.69) is 15.0 Å². The molecule has 1 amide bonds. The maximum absolute atomic E-state index is 13.3. The van der Waals surface area contributed by atoms with Crippen molar-refractivity contribution in [1.29, 1.82) is 0 Å². The normalized spacial score (nSPS) is 10.8. The van der Waals surface area contributed by atoms with E-state index in [1.165, 1.54) is 30.6 Å². The molecule has 3 aromatic rings. The van der Waals surface area contributed by atoms with Crippen LogP contribution < -0.4 is 5.32 Å². The smallest absolute Gasteiger partial charge is 0.337 e. The maximum Gasteiger partial charge on any atom is 0.337 e. The van der Waals surface area contributed by atoms with Crippen molar-refractivity contribution in [3.05, 3.63) is 76.7 Å². The number of esters is 1. The first-order valence-corrected chi connectivity index (χ1v) is 8.92. The molecule has 142 valence electrons. The second-order valence-corrected chi connectivity index (χ2v) is 6.46. The Morgan fingerprint density at radius 1 is 1.11 bits per heavy atom. The van der Waals surface area contributed by atoms with Gasteiger partial charge in [0.15, 0.2) is 16.8 Å². The molecule has 0 aliphatic carbocycles. The lowest BCUT2D eigenvalue weighted by Gasteiger charge is -2.00. The predicted molar refractivity (Wildman–Crippen MR) is 103 cm³/mol. The van der Waals surface area contributed by atoms with Gasteiger partial charge in [-0.1, -0.05) is 12.1 Å². The third-order valence-electron chi connectivity index (χ3n) is 3.71. The number of methoxy groups -OCH3 is 1. The first kappa shape index (κ1) is 19.4. The molecule has 0 saturated heterocycles. The van der Waals surface area contributed by atoms with E-state index >= 15 is 0 Å². The molecular weight excluding hydrogens is 386 g/mol. The van der Waals surface area contributed by atoms with Crippen molar-refractivity contribution >= 4 is 34.4 Å². The van der Waals surface area contributed by atoms with Gasteiger partial charge in [-0.05, 0) is 42.0 Å². The van der Waals surface area contributed by atoms with Gasteiger partial charge in [0.2, 0.25) is 5.91 Å². The fraction of sp³-hybridized carbons (Fsp3) is 0.0500. The number of anilines is 1. The second kappa shape index (κ2) is 8.53. The molecule has 0 atom stereocenters. The highest BCUT2D eigenvalue weighted by Crippen LogP contribution is 2.26. The Hall–Kier alpha value is -3.39. The summed E-state index contributed by atoms with van der Waals surface area (Å²) in [6.45, 7) is 0. The zero-order valence-corrected chi connectivity index (χ0v) is 15.4. The van der Waals surface area contributed by atoms with Gasteiger partial charge in [-0.25, -0.2) is 18.6 Å². The molecule has 0 spiro atoms. The van der Waals surface area contributed by atoms with Crippen molar-refractivity contribution in [2.24, 2.45) is 0 Å². The van der Waals surface area contributed by atoms with E-state index in [-0.39, 0.29) is 0 Å². The number of carbonyl (C=O) groups is 2. The van der Waals surface area contributed by atoms with Gasteiger partial charge in [0, 0.05) is 17.0 Å². The Morgan fingerprint density at radius 2 is 1.86 bits per heavy atom. The molecule has 5 nitrogen and oxygen atoms in total. The molecule has 0 fully saturated rings. The van der Waals surface area contributed by atoms with Crippen LogP contribution in [0.5, 0.6) is 0 Å². The summed E-state index contributed by atoms with van der Waals surface area (Å²) in [7, 11) is 1.30. The van der Waals surface area contributed by atoms with Gasteiger partial charge in [0.05, 0.1) is 18.4 Å². The minimum atomic E-state index is -0.961. The van der Waals surface area contributed by atoms with E-state index in [1.807, 2.05) is 0 Å². The van der Waals surface area contributed by atoms with Crippen molar-refractivity contribution < 1.29 is 23.1 Å². The number of thiazole rings is 1. The Bertz CT molecular complexity index is 1050. The summed E-state index contributed by atoms with van der Waals surface area (Å²) in [5, 5.41) is 4.57. The molecule has 0 radical (unpaired) electrons. The first-order valence-electron chi connectivity index (χ1n) is 8.04. The lowest BCUT2D eigenvalue weighted by molar-refractivity contribution is -0.111. The average Bonchev–Trinajstić information content (AvgIpc) is 3.16. The Balaban J connectivity index is 1.63. The number of rotatable bonds is 5. The molecule has 0 aliphatic heterocycles. The number of benzene rings is 2. The summed E-state index contributed by atoms with van der Waals surface area (Å²) >= 11 is 1.17. The monoisotopic (exact) mass is 400 g/mol. The fourth-order valence-electron chi connectivity index (χ4n) is 2.29. The van der Waals surface area contributed by atoms with Crippen LogP contribution >= 0.6 is 11.3 Å². The van der Waals surface area contributed by atoms with Gasteiger partial charge >= 0.3 is 5.97 Å². The van der Waals surface area contributed by atoms with E-state index in [0.29, 0.717) is 22.0 Å². The van der Waals surface area contributed by atoms with E-state index in [9.17, 15) is 18.4 Å². The zero-order chi connectivity index (χ0) is 20.1. The molecule has 0 unspecified atom stereocenters. The van der Waals surface area contributed by atoms with Crippen LogP contribution in [0.3, 0.4) is 0 Å². The summed E-state index contributed by atoms with van der Waals surface area (Å²) in [5.74, 6) is -2.73. The molecule has 1 N–H and O–H groups in total. The summed E-state index contributed by atoms with van der Waals surface area (Å²) in [6, 6.07) is 10.0. The summed E-state index contributed by atoms with van der Waals surface area (Å²) < 4.78 is 31.0. The quantitative estimate of drug-likeness (QED) is 0.505. The van der Waals surface area contributed by atoms with E-state index in [4.69, 9.17) is 0 Å². The number of ether oxygens (including phenoxy) is 1. The van der Waals surface area contributed by atoms with Gasteiger partial charge in [-0.15, -0.1) is 11.3 Å². The molecule has 0 saturated carbocycles. The standard InChI is InChI=1S/C20H14F2N2O3S/c1-27-19(26)13-5-2-12(3-6-13)4-9-18(25)24-20-23-17(11-28-20)14-7-8-15(21)16(22)10-14/h2-11H,1H3,(H,23,24,25)/b9-4+. The van der Waals surface area contributed by atoms with Gasteiger partial charge in [-0.3, -0.25) is 10.1 Å². The molecule has 0 aliphatic rings. The summed E-state index contributed by atoms with van der Waals surface area (Å²) in [5.41, 5.74) is 1.99. The van der Waals surface area contributed by atoms with Crippen molar-refractivity contribution in [3.63, 3.8) is 0 Å². The summed E-state index contributed by atoms with van der Waals surface area (Å²) in [4.78, 5) is 27.6. The largest absolute Gasteiger partial charge is 0.465 e. The average molecular weight is 400 g/mol. The molecular formula is C20H14F2N2O3S. The SMILES string of the molecule is COC(=O)c1ccc(/C=C/C(=O)Nc2nc(-c3ccc(F)c(F)c3)cs2)cc1. The highest BCUT2D eigenvalue weighted by atomic mass is 32.1. The number of hydrogen-bond acceptors (Lipinski definition) is 5. The highest BCUT2D eigenvalue weighted by molar-refractivity contribution is 7.14. The van der Waals surface area contributed by atoms with Crippen molar-refractivity contribution in [2.45, 2.75) is 0 Å².